The predicted molar refractivity (Wildman–Crippen MR) is 438 cm³/mol. The van der Waals surface area contributed by atoms with E-state index in [1.54, 1.807) is 78.0 Å². The van der Waals surface area contributed by atoms with Gasteiger partial charge >= 0.3 is 45.7 Å². The number of carbonyl (C=O) groups excluding carboxylic acids is 8. The van der Waals surface area contributed by atoms with Crippen molar-refractivity contribution in [2.75, 3.05) is 0 Å². The molecule has 0 heterocycles. The molecule has 0 aliphatic heterocycles. The number of carbonyl (C=O) groups is 8. The predicted octanol–water partition coefficient (Wildman–Crippen LogP) is 16.5. The van der Waals surface area contributed by atoms with E-state index in [2.05, 4.69) is 10.6 Å². The standard InChI is InChI=1S/C22H40N2O6.C22H38O6S2.C18H30O8.C18H30O6S2/c1-20(2,3)23-18(26)28-14-10-11-15(29-19(27)24-21(4,5)6)13-17(16(25)12-14)30-22(7,8)9;1-20(2,3)28-17-13-15(27-19(25)30-22(7,8)9)11-10-14(12-16(17)23)26-18(24)29-21(4,5)6;2*1-17(2,3)25-15(21)23-11-7-8-12(10-14(20)13(19)9-11)24-16(22)26-18(4,5)6/h10-11,14-17,25H,12-13H2,1-9H3,(H,23,26)(H,24,27);10-11,14-17,23H,12-13H2,1-9H3;2*7-8,11-14,19-20H,9-10H2,1-6H3/b2*11-10+;2*8-7+. The Morgan fingerprint density at radius 2 is 0.455 bits per heavy atom. The molecule has 16 unspecified atom stereocenters. The number of hydrogen-bond donors (Lipinski definition) is 8. The fraction of sp³-hybridized carbons (Fsp3) is 0.800. The molecule has 4 rings (SSSR count). The van der Waals surface area contributed by atoms with Gasteiger partial charge in [0.2, 0.25) is 0 Å². The van der Waals surface area contributed by atoms with E-state index in [1.807, 2.05) is 166 Å². The number of nitrogens with one attached hydrogen (secondary N) is 2. The topological polar surface area (TPSA) is 393 Å². The van der Waals surface area contributed by atoms with Crippen molar-refractivity contribution < 1.29 is 126 Å². The molecular formula is C80H138N2O26S4. The summed E-state index contributed by atoms with van der Waals surface area (Å²) in [7, 11) is 0. The zero-order valence-corrected chi connectivity index (χ0v) is 75.3. The molecule has 648 valence electrons. The highest BCUT2D eigenvalue weighted by molar-refractivity contribution is 8.15. The van der Waals surface area contributed by atoms with Crippen molar-refractivity contribution in [1.82, 2.24) is 10.6 Å². The molecule has 0 aromatic rings. The van der Waals surface area contributed by atoms with E-state index in [9.17, 15) is 69.0 Å². The Labute approximate surface area is 683 Å². The summed E-state index contributed by atoms with van der Waals surface area (Å²) >= 11 is 4.31. The number of rotatable bonds is 10. The van der Waals surface area contributed by atoms with Gasteiger partial charge in [0.25, 0.3) is 0 Å². The van der Waals surface area contributed by atoms with Crippen LogP contribution in [0.1, 0.15) is 259 Å². The van der Waals surface area contributed by atoms with E-state index in [4.69, 9.17) is 56.8 Å². The summed E-state index contributed by atoms with van der Waals surface area (Å²) in [6, 6.07) is 0. The van der Waals surface area contributed by atoms with E-state index in [1.165, 1.54) is 12.2 Å². The summed E-state index contributed by atoms with van der Waals surface area (Å²) in [4.78, 5) is 96.6. The van der Waals surface area contributed by atoms with Crippen LogP contribution in [0.2, 0.25) is 0 Å². The van der Waals surface area contributed by atoms with Crippen LogP contribution in [0.15, 0.2) is 48.6 Å². The summed E-state index contributed by atoms with van der Waals surface area (Å²) in [6.07, 6.45) is -1.83. The fourth-order valence-corrected chi connectivity index (χ4v) is 12.6. The molecule has 4 aliphatic carbocycles. The number of hydrogen-bond acceptors (Lipinski definition) is 30. The summed E-state index contributed by atoms with van der Waals surface area (Å²) in [6.45, 7) is 55.7. The van der Waals surface area contributed by atoms with Gasteiger partial charge < -0.3 is 98.1 Å². The average Bonchev–Trinajstić information content (AvgIpc) is 0.849. The number of alkyl carbamates (subject to hydrolysis) is 2. The summed E-state index contributed by atoms with van der Waals surface area (Å²) in [5.41, 5.74) is -3.33. The fourth-order valence-electron chi connectivity index (χ4n) is 9.94. The summed E-state index contributed by atoms with van der Waals surface area (Å²) < 4.78 is 64.4. The van der Waals surface area contributed by atoms with Crippen LogP contribution in [0.3, 0.4) is 0 Å². The average molecular weight is 1670 g/mol. The first kappa shape index (κ1) is 105. The van der Waals surface area contributed by atoms with E-state index < -0.39 is 177 Å². The molecule has 0 saturated carbocycles. The molecule has 112 heavy (non-hydrogen) atoms. The molecule has 0 spiro atoms. The van der Waals surface area contributed by atoms with Gasteiger partial charge in [-0.05, 0) is 220 Å². The van der Waals surface area contributed by atoms with Gasteiger partial charge in [-0.3, -0.25) is 0 Å². The van der Waals surface area contributed by atoms with Gasteiger partial charge in [-0.25, -0.2) is 38.4 Å². The van der Waals surface area contributed by atoms with Gasteiger partial charge in [-0.2, -0.15) is 0 Å². The second-order valence-corrected chi connectivity index (χ2v) is 44.8. The van der Waals surface area contributed by atoms with Gasteiger partial charge in [0.1, 0.15) is 60.0 Å². The Kier molecular flexibility index (Phi) is 42.3. The van der Waals surface area contributed by atoms with Crippen molar-refractivity contribution in [2.45, 2.75) is 409 Å². The number of ether oxygens (including phenoxy) is 12. The summed E-state index contributed by atoms with van der Waals surface area (Å²) in [5, 5.41) is 65.7. The highest BCUT2D eigenvalue weighted by atomic mass is 32.2. The van der Waals surface area contributed by atoms with Crippen LogP contribution in [0.25, 0.3) is 0 Å². The Bertz CT molecular complexity index is 2780. The highest BCUT2D eigenvalue weighted by Crippen LogP contribution is 2.34. The number of thioether (sulfide) groups is 4. The molecule has 32 heteroatoms. The molecule has 0 aromatic heterocycles. The molecule has 0 aromatic carbocycles. The third kappa shape index (κ3) is 54.0. The quantitative estimate of drug-likeness (QED) is 0.0572. The van der Waals surface area contributed by atoms with E-state index >= 15 is 0 Å². The van der Waals surface area contributed by atoms with E-state index in [-0.39, 0.29) is 63.9 Å². The van der Waals surface area contributed by atoms with Crippen molar-refractivity contribution in [2.24, 2.45) is 0 Å². The van der Waals surface area contributed by atoms with Crippen LogP contribution in [0, 0.1) is 0 Å². The Morgan fingerprint density at radius 1 is 0.268 bits per heavy atom. The van der Waals surface area contributed by atoms with Crippen molar-refractivity contribution in [3.8, 4) is 0 Å². The lowest BCUT2D eigenvalue weighted by atomic mass is 9.96. The van der Waals surface area contributed by atoms with Crippen LogP contribution in [0.5, 0.6) is 0 Å². The Morgan fingerprint density at radius 3 is 0.652 bits per heavy atom. The maximum atomic E-state index is 12.3. The van der Waals surface area contributed by atoms with Crippen LogP contribution < -0.4 is 10.6 Å². The molecule has 28 nitrogen and oxygen atoms in total. The zero-order valence-electron chi connectivity index (χ0n) is 72.0. The summed E-state index contributed by atoms with van der Waals surface area (Å²) in [5.74, 6) is 0. The minimum atomic E-state index is -1.16. The lowest BCUT2D eigenvalue weighted by Crippen LogP contribution is -2.46. The van der Waals surface area contributed by atoms with Crippen molar-refractivity contribution in [3.63, 3.8) is 0 Å². The smallest absolute Gasteiger partial charge is 0.450 e. The number of aliphatic hydroxyl groups is 6. The maximum absolute atomic E-state index is 12.3. The first-order valence-electron chi connectivity index (χ1n) is 37.9. The van der Waals surface area contributed by atoms with Crippen molar-refractivity contribution >= 4 is 92.8 Å². The molecule has 16 atom stereocenters. The van der Waals surface area contributed by atoms with Crippen molar-refractivity contribution in [1.29, 1.82) is 0 Å². The van der Waals surface area contributed by atoms with Gasteiger partial charge in [-0.1, -0.05) is 83.1 Å². The number of amides is 2. The number of aliphatic hydroxyl groups excluding tert-OH is 6. The van der Waals surface area contributed by atoms with Gasteiger partial charge in [0.15, 0.2) is 0 Å². The Balaban J connectivity index is 0.000000748. The third-order valence-corrected chi connectivity index (χ3v) is 17.5. The molecule has 0 saturated heterocycles. The minimum Gasteiger partial charge on any atom is -0.450 e. The molecule has 4 aliphatic rings. The largest absolute Gasteiger partial charge is 0.509 e. The molecule has 0 bridgehead atoms. The first-order valence-corrected chi connectivity index (χ1v) is 41.2. The lowest BCUT2D eigenvalue weighted by molar-refractivity contribution is -0.129. The normalized spacial score (nSPS) is 27.6. The Hall–Kier alpha value is -5.00. The van der Waals surface area contributed by atoms with Crippen molar-refractivity contribution in [3.05, 3.63) is 48.6 Å². The monoisotopic (exact) mass is 1670 g/mol. The SMILES string of the molecule is CC(C)(C)NC(=O)OC1/C=C/C(OC(=O)NC(C)(C)C)CC(OC(C)(C)C)C(O)C1.CC(C)(C)OC(=O)OC1/C=C/C(OC(=O)OC(C)(C)C)CC(O)C(O)C1.CC(C)(C)OC1CC(OC(=O)SC(C)(C)C)/C=C/C(OC(=O)SC(C)(C)C)CC1O.CC(C)(C)SC(=O)OC1/C=C/C(OC(=O)SC(C)(C)C)CC(O)C(O)C1. The molecular weight excluding hydrogens is 1530 g/mol. The van der Waals surface area contributed by atoms with Gasteiger partial charge in [-0.15, -0.1) is 0 Å². The maximum Gasteiger partial charge on any atom is 0.509 e. The third-order valence-electron chi connectivity index (χ3n) is 14.0. The lowest BCUT2D eigenvalue weighted by Gasteiger charge is -2.35. The molecule has 0 radical (unpaired) electrons. The molecule has 0 fully saturated rings. The second-order valence-electron chi connectivity index (χ2n) is 37.7. The van der Waals surface area contributed by atoms with E-state index in [0.717, 1.165) is 47.0 Å². The molecule has 2 amide bonds. The van der Waals surface area contributed by atoms with Crippen LogP contribution in [-0.2, 0) is 56.8 Å². The van der Waals surface area contributed by atoms with Gasteiger partial charge in [0.05, 0.1) is 60.0 Å². The minimum absolute atomic E-state index is 0.00390. The highest BCUT2D eigenvalue weighted by Gasteiger charge is 2.39. The van der Waals surface area contributed by atoms with Gasteiger partial charge in [0, 0.05) is 81.4 Å². The molecule has 8 N–H and O–H groups in total. The first-order chi connectivity index (χ1) is 50.4. The second kappa shape index (κ2) is 45.1. The van der Waals surface area contributed by atoms with Crippen LogP contribution in [0.4, 0.5) is 38.4 Å². The van der Waals surface area contributed by atoms with E-state index in [0.29, 0.717) is 6.42 Å². The zero-order chi connectivity index (χ0) is 86.9. The van der Waals surface area contributed by atoms with Crippen LogP contribution >= 0.6 is 47.0 Å². The van der Waals surface area contributed by atoms with Crippen LogP contribution in [-0.4, -0.2) is 226 Å².